The molecule has 134 valence electrons. The third-order valence-electron chi connectivity index (χ3n) is 6.13. The number of carbonyl (C=O) groups excluding carboxylic acids is 2. The van der Waals surface area contributed by atoms with Crippen molar-refractivity contribution in [2.24, 2.45) is 17.8 Å². The van der Waals surface area contributed by atoms with Gasteiger partial charge in [-0.25, -0.2) is 22.8 Å². The third-order valence-corrected chi connectivity index (χ3v) is 6.13. The average Bonchev–Trinajstić information content (AvgIpc) is 3.16. The molecule has 2 aliphatic carbocycles. The van der Waals surface area contributed by atoms with Gasteiger partial charge in [0.15, 0.2) is 11.6 Å². The van der Waals surface area contributed by atoms with Gasteiger partial charge < -0.3 is 0 Å². The molecule has 0 amide bonds. The van der Waals surface area contributed by atoms with E-state index in [4.69, 9.17) is 13.1 Å². The van der Waals surface area contributed by atoms with Crippen LogP contribution in [0, 0.1) is 37.8 Å². The van der Waals surface area contributed by atoms with Gasteiger partial charge in [0.2, 0.25) is 0 Å². The second-order valence-corrected chi connectivity index (χ2v) is 7.56. The van der Waals surface area contributed by atoms with E-state index in [1.165, 1.54) is 0 Å². The molecule has 0 aromatic heterocycles. The molecule has 1 aromatic carbocycles. The van der Waals surface area contributed by atoms with Gasteiger partial charge in [-0.1, -0.05) is 31.5 Å². The molecule has 0 radical (unpaired) electrons. The highest BCUT2D eigenvalue weighted by atomic mass is 16.2. The highest BCUT2D eigenvalue weighted by Gasteiger charge is 2.58. The molecule has 0 heterocycles. The number of nitrogens with zero attached hydrogens (tertiary/aromatic N) is 2. The number of aryl methyl sites for hydroxylation is 3. The van der Waals surface area contributed by atoms with Crippen LogP contribution in [0.25, 0.3) is 9.69 Å². The zero-order valence-electron chi connectivity index (χ0n) is 15.6. The normalized spacial score (nSPS) is 27.5. The number of fused-ring (bicyclic) bond motifs is 1. The van der Waals surface area contributed by atoms with Crippen molar-refractivity contribution in [1.29, 1.82) is 0 Å². The molecule has 26 heavy (non-hydrogen) atoms. The maximum Gasteiger partial charge on any atom is 0.477 e. The molecule has 0 spiro atoms. The maximum atomic E-state index is 13.2. The Hall–Kier alpha value is -2.46. The summed E-state index contributed by atoms with van der Waals surface area (Å²) in [5.41, 5.74) is 4.31. The fraction of sp³-hybridized carbons (Fsp3) is 0.545. The molecule has 1 aromatic rings. The summed E-state index contributed by atoms with van der Waals surface area (Å²) < 4.78 is 0. The van der Waals surface area contributed by atoms with Crippen LogP contribution in [0.15, 0.2) is 12.1 Å². The zero-order chi connectivity index (χ0) is 19.0. The SMILES string of the molecule is [C-]#[N+]C([N+]#[C-])C1CC2C(=O)C(c3c(CC)cc(C)cc3CC)C(=O)C2C1. The highest BCUT2D eigenvalue weighted by molar-refractivity contribution is 6.16. The zero-order valence-corrected chi connectivity index (χ0v) is 15.6. The van der Waals surface area contributed by atoms with Crippen LogP contribution >= 0.6 is 0 Å². The summed E-state index contributed by atoms with van der Waals surface area (Å²) in [7, 11) is 0. The number of Topliss-reactive ketones (excluding diaryl/α,β-unsaturated/α-hetero) is 2. The van der Waals surface area contributed by atoms with Crippen LogP contribution in [-0.4, -0.2) is 17.7 Å². The first-order valence-electron chi connectivity index (χ1n) is 9.39. The molecule has 2 atom stereocenters. The summed E-state index contributed by atoms with van der Waals surface area (Å²) in [5.74, 6) is -1.37. The van der Waals surface area contributed by atoms with Gasteiger partial charge in [0.05, 0.1) is 0 Å². The average molecular weight is 348 g/mol. The van der Waals surface area contributed by atoms with Crippen LogP contribution in [0.3, 0.4) is 0 Å². The summed E-state index contributed by atoms with van der Waals surface area (Å²) in [6, 6.07) is 4.19. The van der Waals surface area contributed by atoms with E-state index < -0.39 is 12.1 Å². The third kappa shape index (κ3) is 2.74. The lowest BCUT2D eigenvalue weighted by Gasteiger charge is -2.20. The summed E-state index contributed by atoms with van der Waals surface area (Å²) in [4.78, 5) is 33.1. The second kappa shape index (κ2) is 7.04. The number of hydrogen-bond acceptors (Lipinski definition) is 2. The summed E-state index contributed by atoms with van der Waals surface area (Å²) >= 11 is 0. The molecule has 2 saturated carbocycles. The van der Waals surface area contributed by atoms with E-state index in [-0.39, 0.29) is 29.3 Å². The van der Waals surface area contributed by atoms with Crippen molar-refractivity contribution in [3.05, 3.63) is 57.2 Å². The number of ketones is 2. The van der Waals surface area contributed by atoms with E-state index in [1.807, 2.05) is 0 Å². The number of rotatable bonds is 4. The van der Waals surface area contributed by atoms with Crippen LogP contribution in [0.1, 0.15) is 54.9 Å². The van der Waals surface area contributed by atoms with Crippen molar-refractivity contribution in [1.82, 2.24) is 0 Å². The Kier molecular flexibility index (Phi) is 4.97. The largest absolute Gasteiger partial charge is 0.477 e. The van der Waals surface area contributed by atoms with Gasteiger partial charge >= 0.3 is 6.17 Å². The molecule has 0 aliphatic heterocycles. The van der Waals surface area contributed by atoms with E-state index in [2.05, 4.69) is 42.6 Å². The first-order chi connectivity index (χ1) is 12.5. The van der Waals surface area contributed by atoms with E-state index in [0.717, 1.165) is 35.1 Å². The minimum atomic E-state index is -0.753. The molecule has 2 aliphatic rings. The summed E-state index contributed by atoms with van der Waals surface area (Å²) in [6.07, 6.45) is 1.87. The van der Waals surface area contributed by atoms with E-state index in [1.54, 1.807) is 0 Å². The number of benzene rings is 1. The smallest absolute Gasteiger partial charge is 0.298 e. The number of carbonyl (C=O) groups is 2. The van der Waals surface area contributed by atoms with Crippen molar-refractivity contribution in [2.75, 3.05) is 0 Å². The Morgan fingerprint density at radius 3 is 1.85 bits per heavy atom. The molecule has 3 rings (SSSR count). The first-order valence-corrected chi connectivity index (χ1v) is 9.39. The van der Waals surface area contributed by atoms with Crippen LogP contribution in [0.5, 0.6) is 0 Å². The molecule has 2 fully saturated rings. The predicted octanol–water partition coefficient (Wildman–Crippen LogP) is 4.16. The second-order valence-electron chi connectivity index (χ2n) is 7.56. The van der Waals surface area contributed by atoms with Crippen LogP contribution < -0.4 is 0 Å². The molecule has 4 nitrogen and oxygen atoms in total. The standard InChI is InChI=1S/C22H24N2O2/c1-6-13-8-12(3)9-14(7-2)18(13)19-20(25)16-10-15(22(23-4)24-5)11-17(16)21(19)26/h8-9,15-17,19,22H,6-7,10-11H2,1-3H3. The summed E-state index contributed by atoms with van der Waals surface area (Å²) in [5, 5.41) is 0. The van der Waals surface area contributed by atoms with E-state index in [0.29, 0.717) is 12.8 Å². The van der Waals surface area contributed by atoms with Crippen LogP contribution in [0.4, 0.5) is 0 Å². The lowest BCUT2D eigenvalue weighted by molar-refractivity contribution is -0.125. The van der Waals surface area contributed by atoms with Gasteiger partial charge in [-0.2, -0.15) is 0 Å². The quantitative estimate of drug-likeness (QED) is 0.606. The van der Waals surface area contributed by atoms with Crippen molar-refractivity contribution in [2.45, 2.75) is 58.5 Å². The topological polar surface area (TPSA) is 42.9 Å². The molecule has 4 heteroatoms. The highest BCUT2D eigenvalue weighted by Crippen LogP contribution is 2.50. The van der Waals surface area contributed by atoms with Gasteiger partial charge in [-0.3, -0.25) is 9.59 Å². The lowest BCUT2D eigenvalue weighted by Crippen LogP contribution is -2.22. The Morgan fingerprint density at radius 2 is 1.46 bits per heavy atom. The Balaban J connectivity index is 1.98. The molecular weight excluding hydrogens is 324 g/mol. The monoisotopic (exact) mass is 348 g/mol. The molecule has 2 unspecified atom stereocenters. The van der Waals surface area contributed by atoms with Gasteiger partial charge in [-0.15, -0.1) is 0 Å². The van der Waals surface area contributed by atoms with Crippen LogP contribution in [-0.2, 0) is 22.4 Å². The van der Waals surface area contributed by atoms with Crippen molar-refractivity contribution >= 4 is 11.6 Å². The van der Waals surface area contributed by atoms with Crippen molar-refractivity contribution < 1.29 is 9.59 Å². The number of hydrogen-bond donors (Lipinski definition) is 0. The maximum absolute atomic E-state index is 13.2. The summed E-state index contributed by atoms with van der Waals surface area (Å²) in [6.45, 7) is 20.5. The van der Waals surface area contributed by atoms with Crippen molar-refractivity contribution in [3.8, 4) is 0 Å². The molecule has 0 N–H and O–H groups in total. The minimum absolute atomic E-state index is 0.0180. The van der Waals surface area contributed by atoms with Gasteiger partial charge in [0.25, 0.3) is 0 Å². The van der Waals surface area contributed by atoms with Crippen molar-refractivity contribution in [3.63, 3.8) is 0 Å². The fourth-order valence-electron chi connectivity index (χ4n) is 4.95. The molecule has 0 bridgehead atoms. The Bertz CT molecular complexity index is 780. The molecular formula is C22H24N2O2. The van der Waals surface area contributed by atoms with Crippen LogP contribution in [0.2, 0.25) is 0 Å². The predicted molar refractivity (Wildman–Crippen MR) is 99.4 cm³/mol. The van der Waals surface area contributed by atoms with Gasteiger partial charge in [0, 0.05) is 11.8 Å². The first kappa shape index (κ1) is 18.3. The van der Waals surface area contributed by atoms with E-state index in [9.17, 15) is 9.59 Å². The molecule has 0 saturated heterocycles. The minimum Gasteiger partial charge on any atom is -0.298 e. The Labute approximate surface area is 155 Å². The fourth-order valence-corrected chi connectivity index (χ4v) is 4.95. The Morgan fingerprint density at radius 1 is 1.00 bits per heavy atom. The van der Waals surface area contributed by atoms with Gasteiger partial charge in [0.1, 0.15) is 11.8 Å². The lowest BCUT2D eigenvalue weighted by atomic mass is 9.82. The van der Waals surface area contributed by atoms with E-state index >= 15 is 0 Å². The van der Waals surface area contributed by atoms with Gasteiger partial charge in [-0.05, 0) is 49.3 Å².